The zero-order valence-corrected chi connectivity index (χ0v) is 43.9. The van der Waals surface area contributed by atoms with Crippen molar-refractivity contribution >= 4 is 31.7 Å². The van der Waals surface area contributed by atoms with Crippen molar-refractivity contribution in [2.75, 3.05) is 105 Å². The minimum absolute atomic E-state index is 0.00652. The van der Waals surface area contributed by atoms with E-state index in [1.54, 1.807) is 38.3 Å². The summed E-state index contributed by atoms with van der Waals surface area (Å²) in [6.45, 7) is 18.1. The minimum atomic E-state index is -2.32. The number of nitrogens with one attached hydrogen (secondary N) is 2. The van der Waals surface area contributed by atoms with Crippen LogP contribution in [0.5, 0.6) is 11.5 Å². The molecule has 2 aromatic carbocycles. The van der Waals surface area contributed by atoms with Gasteiger partial charge in [0.15, 0.2) is 27.0 Å². The van der Waals surface area contributed by atoms with Crippen LogP contribution >= 0.6 is 0 Å². The molecule has 7 rings (SSSR count). The molecule has 386 valence electrons. The van der Waals surface area contributed by atoms with E-state index in [0.717, 1.165) is 51.0 Å². The zero-order valence-electron chi connectivity index (χ0n) is 42.9. The lowest BCUT2D eigenvalue weighted by molar-refractivity contribution is -0.148. The first-order valence-electron chi connectivity index (χ1n) is 25.3. The van der Waals surface area contributed by atoms with E-state index in [4.69, 9.17) is 28.1 Å². The Morgan fingerprint density at radius 3 is 2.51 bits per heavy atom. The van der Waals surface area contributed by atoms with E-state index in [-0.39, 0.29) is 59.6 Å². The SMILES string of the molecule is COC(CN(C)C(=O)C(CCNC[C@H](O[Si](C)(C)C(C)(C)C)c1ccc(O)c2c1OCC(=O)N2)COCCc1cccc(CCN2CCC3(CC2)CN(C(=O)c2ccn(CC4CC4)n2)CCO3)c1)OC. The van der Waals surface area contributed by atoms with Crippen molar-refractivity contribution in [1.82, 2.24) is 29.8 Å². The van der Waals surface area contributed by atoms with Crippen LogP contribution in [0.3, 0.4) is 0 Å². The fourth-order valence-corrected chi connectivity index (χ4v) is 10.6. The Morgan fingerprint density at radius 1 is 1.06 bits per heavy atom. The highest BCUT2D eigenvalue weighted by molar-refractivity contribution is 6.74. The van der Waals surface area contributed by atoms with E-state index < -0.39 is 26.6 Å². The summed E-state index contributed by atoms with van der Waals surface area (Å²) in [6, 6.07) is 13.9. The van der Waals surface area contributed by atoms with Crippen LogP contribution in [0.15, 0.2) is 48.7 Å². The number of carbonyl (C=O) groups is 3. The number of hydrogen-bond donors (Lipinski definition) is 3. The van der Waals surface area contributed by atoms with E-state index in [1.807, 2.05) is 21.8 Å². The average Bonchev–Trinajstić information content (AvgIpc) is 4.04. The lowest BCUT2D eigenvalue weighted by atomic mass is 9.89. The maximum absolute atomic E-state index is 14.0. The second-order valence-electron chi connectivity index (χ2n) is 21.3. The molecule has 1 unspecified atom stereocenters. The molecule has 4 heterocycles. The van der Waals surface area contributed by atoms with Gasteiger partial charge in [0.25, 0.3) is 11.8 Å². The van der Waals surface area contributed by atoms with E-state index in [9.17, 15) is 19.5 Å². The molecule has 3 amide bonds. The Hall–Kier alpha value is -4.40. The van der Waals surface area contributed by atoms with Gasteiger partial charge in [0.2, 0.25) is 5.91 Å². The number of benzene rings is 2. The standard InChI is InChI=1S/C52H79N7O10Si/c1-51(2,3)70(7,8)69-44(41-14-15-43(60)47-48(41)67-35-45(61)54-47)31-53-22-16-40(49(62)56(4)33-46(64-5)65-6)34-66-28-19-38-11-9-10-37(30-38)17-23-57-25-20-52(21-26-57)36-58(27-29-68-52)50(63)42-18-24-59(55-42)32-39-12-13-39/h9-11,14-15,18,24,30,39-40,44,46,53,60H,12-13,16-17,19-23,25-29,31-36H2,1-8H3,(H,54,61)/t40?,44-/m0/s1. The average molecular weight is 990 g/mol. The molecule has 1 aliphatic carbocycles. The van der Waals surface area contributed by atoms with Gasteiger partial charge in [-0.25, -0.2) is 0 Å². The summed E-state index contributed by atoms with van der Waals surface area (Å²) in [5, 5.41) is 21.4. The number of piperidine rings is 1. The smallest absolute Gasteiger partial charge is 0.274 e. The number of ether oxygens (including phenoxy) is 5. The molecule has 1 spiro atoms. The summed E-state index contributed by atoms with van der Waals surface area (Å²) in [7, 11) is 2.55. The number of phenols is 1. The van der Waals surface area contributed by atoms with Gasteiger partial charge in [-0.2, -0.15) is 5.10 Å². The third-order valence-electron chi connectivity index (χ3n) is 14.9. The van der Waals surface area contributed by atoms with Gasteiger partial charge >= 0.3 is 0 Å². The number of hydrogen-bond acceptors (Lipinski definition) is 13. The number of likely N-dealkylation sites (N-methyl/N-ethyl adjacent to an activating group) is 1. The quantitative estimate of drug-likeness (QED) is 0.0421. The summed E-state index contributed by atoms with van der Waals surface area (Å²) in [5.74, 6) is 0.207. The van der Waals surface area contributed by atoms with Crippen LogP contribution in [0.25, 0.3) is 0 Å². The van der Waals surface area contributed by atoms with Gasteiger partial charge in [-0.3, -0.25) is 19.1 Å². The Bertz CT molecular complexity index is 2220. The number of carbonyl (C=O) groups excluding carboxylic acids is 3. The van der Waals surface area contributed by atoms with Crippen molar-refractivity contribution in [3.63, 3.8) is 0 Å². The van der Waals surface area contributed by atoms with E-state index in [2.05, 4.69) is 78.8 Å². The fourth-order valence-electron chi connectivity index (χ4n) is 9.29. The van der Waals surface area contributed by atoms with Gasteiger partial charge in [0, 0.05) is 72.3 Å². The van der Waals surface area contributed by atoms with E-state index in [0.29, 0.717) is 69.6 Å². The summed E-state index contributed by atoms with van der Waals surface area (Å²) >= 11 is 0. The Balaban J connectivity index is 0.894. The summed E-state index contributed by atoms with van der Waals surface area (Å²) in [6.07, 6.45) is 7.35. The molecule has 70 heavy (non-hydrogen) atoms. The predicted molar refractivity (Wildman–Crippen MR) is 270 cm³/mol. The van der Waals surface area contributed by atoms with Crippen molar-refractivity contribution in [3.8, 4) is 11.5 Å². The van der Waals surface area contributed by atoms with Gasteiger partial charge in [-0.15, -0.1) is 0 Å². The number of rotatable bonds is 24. The van der Waals surface area contributed by atoms with Crippen LogP contribution in [0.4, 0.5) is 5.69 Å². The second kappa shape index (κ2) is 23.9. The van der Waals surface area contributed by atoms with Gasteiger partial charge in [-0.1, -0.05) is 45.0 Å². The first kappa shape index (κ1) is 53.4. The van der Waals surface area contributed by atoms with Crippen LogP contribution in [0, 0.1) is 11.8 Å². The molecule has 0 bridgehead atoms. The zero-order chi connectivity index (χ0) is 50.1. The maximum atomic E-state index is 14.0. The predicted octanol–water partition coefficient (Wildman–Crippen LogP) is 5.87. The highest BCUT2D eigenvalue weighted by Crippen LogP contribution is 2.45. The molecule has 17 nitrogen and oxygen atoms in total. The number of aromatic hydroxyl groups is 1. The highest BCUT2D eigenvalue weighted by Gasteiger charge is 2.43. The number of aromatic nitrogens is 2. The van der Waals surface area contributed by atoms with Crippen LogP contribution in [-0.2, 0) is 52.3 Å². The number of amides is 3. The third-order valence-corrected chi connectivity index (χ3v) is 19.4. The van der Waals surface area contributed by atoms with Crippen molar-refractivity contribution in [2.24, 2.45) is 11.8 Å². The largest absolute Gasteiger partial charge is 0.506 e. The number of methoxy groups -OCH3 is 2. The number of anilines is 1. The molecule has 0 radical (unpaired) electrons. The molecule has 1 aromatic heterocycles. The minimum Gasteiger partial charge on any atom is -0.506 e. The van der Waals surface area contributed by atoms with Gasteiger partial charge in [0.1, 0.15) is 17.1 Å². The molecule has 2 saturated heterocycles. The highest BCUT2D eigenvalue weighted by atomic mass is 28.4. The topological polar surface area (TPSA) is 178 Å². The monoisotopic (exact) mass is 990 g/mol. The van der Waals surface area contributed by atoms with Crippen molar-refractivity contribution in [1.29, 1.82) is 0 Å². The number of phenolic OH excluding ortho intramolecular Hbond substituents is 1. The van der Waals surface area contributed by atoms with Gasteiger partial charge < -0.3 is 58.6 Å². The van der Waals surface area contributed by atoms with Crippen LogP contribution in [0.1, 0.15) is 86.2 Å². The maximum Gasteiger partial charge on any atom is 0.274 e. The second-order valence-corrected chi connectivity index (χ2v) is 26.0. The summed E-state index contributed by atoms with van der Waals surface area (Å²) in [5.41, 5.74) is 3.67. The third kappa shape index (κ3) is 14.2. The van der Waals surface area contributed by atoms with Gasteiger partial charge in [-0.05, 0) is 105 Å². The van der Waals surface area contributed by atoms with Gasteiger partial charge in [0.05, 0.1) is 50.5 Å². The lowest BCUT2D eigenvalue weighted by Gasteiger charge is -2.47. The molecule has 3 N–H and O–H groups in total. The first-order chi connectivity index (χ1) is 33.5. The van der Waals surface area contributed by atoms with Crippen LogP contribution in [0.2, 0.25) is 18.1 Å². The van der Waals surface area contributed by atoms with Crippen molar-refractivity contribution < 1.29 is 47.6 Å². The molecular formula is C52H79N7O10Si. The summed E-state index contributed by atoms with van der Waals surface area (Å²) in [4.78, 5) is 45.7. The molecule has 18 heteroatoms. The lowest BCUT2D eigenvalue weighted by Crippen LogP contribution is -2.58. The molecule has 1 saturated carbocycles. The summed E-state index contributed by atoms with van der Waals surface area (Å²) < 4.78 is 38.3. The number of likely N-dealkylation sites (tertiary alicyclic amines) is 1. The molecule has 3 fully saturated rings. The van der Waals surface area contributed by atoms with Crippen molar-refractivity contribution in [3.05, 3.63) is 71.0 Å². The van der Waals surface area contributed by atoms with Crippen LogP contribution < -0.4 is 15.4 Å². The molecule has 2 atom stereocenters. The molecule has 3 aliphatic heterocycles. The van der Waals surface area contributed by atoms with Crippen LogP contribution in [-0.4, -0.2) is 168 Å². The Kier molecular flexibility index (Phi) is 18.2. The van der Waals surface area contributed by atoms with E-state index in [1.165, 1.54) is 24.0 Å². The molecule has 4 aliphatic rings. The molecular weight excluding hydrogens is 911 g/mol. The Morgan fingerprint density at radius 2 is 1.80 bits per heavy atom. The Labute approximate surface area is 415 Å². The number of nitrogens with zero attached hydrogens (tertiary/aromatic N) is 5. The number of morpholine rings is 1. The fraction of sp³-hybridized carbons (Fsp3) is 0.654. The van der Waals surface area contributed by atoms with Crippen molar-refractivity contribution in [2.45, 2.75) is 108 Å². The number of fused-ring (bicyclic) bond motifs is 1. The molecule has 3 aromatic rings. The first-order valence-corrected chi connectivity index (χ1v) is 28.2. The normalized spacial score (nSPS) is 18.4. The van der Waals surface area contributed by atoms with E-state index >= 15 is 0 Å².